The lowest BCUT2D eigenvalue weighted by atomic mass is 9.30. The summed E-state index contributed by atoms with van der Waals surface area (Å²) in [5, 5.41) is 65.6. The maximum atomic E-state index is 11.5. The number of hydrogen-bond acceptors (Lipinski definition) is 6. The Hall–Kier alpha value is -1.51. The van der Waals surface area contributed by atoms with Crippen LogP contribution in [-0.2, 0) is 6.42 Å². The second kappa shape index (κ2) is 6.75. The molecule has 0 heterocycles. The Kier molecular flexibility index (Phi) is 4.83. The third-order valence-corrected chi connectivity index (χ3v) is 7.20. The maximum Gasteiger partial charge on any atom is 0.138 e. The van der Waals surface area contributed by atoms with Crippen molar-refractivity contribution in [2.45, 2.75) is 54.2 Å². The quantitative estimate of drug-likeness (QED) is 0.423. The molecule has 2 fully saturated rings. The Labute approximate surface area is 173 Å². The second-order valence-corrected chi connectivity index (χ2v) is 8.55. The highest BCUT2D eigenvalue weighted by Crippen LogP contribution is 2.75. The third-order valence-electron chi connectivity index (χ3n) is 6.95. The summed E-state index contributed by atoms with van der Waals surface area (Å²) in [4.78, 5) is 0. The molecule has 0 spiro atoms. The van der Waals surface area contributed by atoms with Crippen LogP contribution in [0.15, 0.2) is 48.5 Å². The van der Waals surface area contributed by atoms with E-state index in [4.69, 9.17) is 11.6 Å². The molecule has 0 saturated heterocycles. The molecule has 0 aromatic heterocycles. The minimum Gasteiger partial charge on any atom is -0.394 e. The lowest BCUT2D eigenvalue weighted by Gasteiger charge is -2.80. The summed E-state index contributed by atoms with van der Waals surface area (Å²) in [6.45, 7) is 1.18. The van der Waals surface area contributed by atoms with Crippen LogP contribution >= 0.6 is 11.6 Å². The van der Waals surface area contributed by atoms with E-state index < -0.39 is 47.5 Å². The first kappa shape index (κ1) is 20.8. The first-order valence-corrected chi connectivity index (χ1v) is 10.0. The zero-order valence-electron chi connectivity index (χ0n) is 15.9. The molecule has 2 aliphatic carbocycles. The topological polar surface area (TPSA) is 121 Å². The molecule has 4 rings (SSSR count). The van der Waals surface area contributed by atoms with Gasteiger partial charge in [-0.15, -0.1) is 0 Å². The van der Waals surface area contributed by atoms with Crippen LogP contribution in [-0.4, -0.2) is 66.3 Å². The average molecular weight is 421 g/mol. The predicted molar refractivity (Wildman–Crippen MR) is 107 cm³/mol. The van der Waals surface area contributed by atoms with Crippen LogP contribution < -0.4 is 0 Å². The van der Waals surface area contributed by atoms with Gasteiger partial charge in [0, 0.05) is 10.9 Å². The fraction of sp³-hybridized carbons (Fsp3) is 0.455. The van der Waals surface area contributed by atoms with E-state index in [0.717, 1.165) is 12.0 Å². The molecule has 2 aromatic carbocycles. The van der Waals surface area contributed by atoms with Crippen molar-refractivity contribution < 1.29 is 30.6 Å². The molecular weight excluding hydrogens is 396 g/mol. The van der Waals surface area contributed by atoms with E-state index in [2.05, 4.69) is 0 Å². The monoisotopic (exact) mass is 420 g/mol. The fourth-order valence-electron chi connectivity index (χ4n) is 5.43. The minimum atomic E-state index is -2.28. The second-order valence-electron chi connectivity index (χ2n) is 8.12. The fourth-order valence-corrected chi connectivity index (χ4v) is 5.56. The van der Waals surface area contributed by atoms with Crippen LogP contribution in [0.5, 0.6) is 0 Å². The largest absolute Gasteiger partial charge is 0.394 e. The smallest absolute Gasteiger partial charge is 0.138 e. The zero-order chi connectivity index (χ0) is 21.2. The van der Waals surface area contributed by atoms with Crippen molar-refractivity contribution in [3.05, 3.63) is 70.2 Å². The van der Waals surface area contributed by atoms with Gasteiger partial charge in [-0.1, -0.05) is 54.9 Å². The van der Waals surface area contributed by atoms with Gasteiger partial charge in [-0.25, -0.2) is 0 Å². The zero-order valence-corrected chi connectivity index (χ0v) is 16.7. The van der Waals surface area contributed by atoms with E-state index in [9.17, 15) is 30.6 Å². The van der Waals surface area contributed by atoms with Gasteiger partial charge >= 0.3 is 0 Å². The molecule has 2 saturated carbocycles. The molecule has 0 amide bonds. The van der Waals surface area contributed by atoms with Gasteiger partial charge in [-0.2, -0.15) is 0 Å². The highest BCUT2D eigenvalue weighted by atomic mass is 35.5. The van der Waals surface area contributed by atoms with E-state index in [1.807, 2.05) is 19.1 Å². The molecule has 6 N–H and O–H groups in total. The molecule has 3 unspecified atom stereocenters. The molecule has 0 bridgehead atoms. The van der Waals surface area contributed by atoms with Crippen LogP contribution in [0, 0.1) is 0 Å². The van der Waals surface area contributed by atoms with Crippen molar-refractivity contribution in [1.29, 1.82) is 0 Å². The first-order valence-electron chi connectivity index (χ1n) is 9.66. The SMILES string of the molecule is CCc1ccc(C2C(O)[C@@]3(O)C(c4ccc(Cl)cc4)[C@@](O)([C@H](O)CO)[C@@]23O)cc1. The van der Waals surface area contributed by atoms with E-state index in [-0.39, 0.29) is 0 Å². The van der Waals surface area contributed by atoms with Gasteiger partial charge in [-0.05, 0) is 35.2 Å². The van der Waals surface area contributed by atoms with Gasteiger partial charge in [0.15, 0.2) is 0 Å². The molecule has 156 valence electrons. The summed E-state index contributed by atoms with van der Waals surface area (Å²) >= 11 is 5.92. The Bertz CT molecular complexity index is 903. The Morgan fingerprint density at radius 3 is 2.03 bits per heavy atom. The van der Waals surface area contributed by atoms with E-state index in [1.54, 1.807) is 36.4 Å². The van der Waals surface area contributed by atoms with Crippen molar-refractivity contribution in [3.8, 4) is 0 Å². The normalized spacial score (nSPS) is 39.2. The van der Waals surface area contributed by atoms with Crippen molar-refractivity contribution >= 4 is 11.6 Å². The van der Waals surface area contributed by atoms with Gasteiger partial charge in [-0.3, -0.25) is 0 Å². The number of hydrogen-bond donors (Lipinski definition) is 6. The molecule has 7 atom stereocenters. The number of aliphatic hydroxyl groups excluding tert-OH is 3. The third kappa shape index (κ3) is 2.33. The molecule has 7 heteroatoms. The number of halogens is 1. The number of benzene rings is 2. The maximum absolute atomic E-state index is 11.5. The highest BCUT2D eigenvalue weighted by Gasteiger charge is 2.93. The van der Waals surface area contributed by atoms with E-state index >= 15 is 0 Å². The number of fused-ring (bicyclic) bond motifs is 1. The lowest BCUT2D eigenvalue weighted by Crippen LogP contribution is -2.99. The summed E-state index contributed by atoms with van der Waals surface area (Å²) in [5.74, 6) is -2.26. The van der Waals surface area contributed by atoms with Crippen LogP contribution in [0.3, 0.4) is 0 Å². The Morgan fingerprint density at radius 1 is 0.966 bits per heavy atom. The average Bonchev–Trinajstić information content (AvgIpc) is 2.74. The van der Waals surface area contributed by atoms with Crippen LogP contribution in [0.25, 0.3) is 0 Å². The summed E-state index contributed by atoms with van der Waals surface area (Å²) in [6.07, 6.45) is -2.31. The molecule has 6 nitrogen and oxygen atoms in total. The van der Waals surface area contributed by atoms with Gasteiger partial charge in [0.1, 0.15) is 22.9 Å². The summed E-state index contributed by atoms with van der Waals surface area (Å²) in [5.41, 5.74) is -4.66. The van der Waals surface area contributed by atoms with Crippen molar-refractivity contribution in [2.75, 3.05) is 6.61 Å². The Morgan fingerprint density at radius 2 is 1.52 bits per heavy atom. The summed E-state index contributed by atoms with van der Waals surface area (Å²) in [7, 11) is 0. The first-order chi connectivity index (χ1) is 13.7. The molecular formula is C22H25ClO6. The van der Waals surface area contributed by atoms with Gasteiger partial charge < -0.3 is 30.6 Å². The van der Waals surface area contributed by atoms with E-state index in [0.29, 0.717) is 16.1 Å². The van der Waals surface area contributed by atoms with Crippen molar-refractivity contribution in [2.24, 2.45) is 0 Å². The van der Waals surface area contributed by atoms with Gasteiger partial charge in [0.25, 0.3) is 0 Å². The number of aryl methyl sites for hydroxylation is 1. The Balaban J connectivity index is 1.82. The molecule has 29 heavy (non-hydrogen) atoms. The molecule has 2 aliphatic rings. The lowest BCUT2D eigenvalue weighted by molar-refractivity contribution is -0.459. The van der Waals surface area contributed by atoms with Crippen molar-refractivity contribution in [3.63, 3.8) is 0 Å². The highest BCUT2D eigenvalue weighted by molar-refractivity contribution is 6.30. The number of rotatable bonds is 5. The summed E-state index contributed by atoms with van der Waals surface area (Å²) in [6, 6.07) is 13.4. The number of aliphatic hydroxyl groups is 6. The molecule has 2 aromatic rings. The van der Waals surface area contributed by atoms with Gasteiger partial charge in [0.05, 0.1) is 18.6 Å². The van der Waals surface area contributed by atoms with Crippen LogP contribution in [0.4, 0.5) is 0 Å². The van der Waals surface area contributed by atoms with Gasteiger partial charge in [0.2, 0.25) is 0 Å². The van der Waals surface area contributed by atoms with Crippen molar-refractivity contribution in [1.82, 2.24) is 0 Å². The summed E-state index contributed by atoms with van der Waals surface area (Å²) < 4.78 is 0. The molecule has 0 aliphatic heterocycles. The van der Waals surface area contributed by atoms with E-state index in [1.165, 1.54) is 0 Å². The standard InChI is InChI=1S/C22H25ClO6/c1-2-12-3-5-13(6-4-12)17-19(26)21(28)18(14-7-9-15(23)10-8-14)20(27,16(25)11-24)22(17,21)29/h3-10,16-19,24-29H,2,11H2,1H3/t16-,17?,18?,19?,20+,21+,22+/m1/s1. The predicted octanol–water partition coefficient (Wildman–Crippen LogP) is 0.704. The minimum absolute atomic E-state index is 0.385. The van der Waals surface area contributed by atoms with Crippen LogP contribution in [0.2, 0.25) is 5.02 Å². The molecule has 0 radical (unpaired) electrons. The van der Waals surface area contributed by atoms with Crippen LogP contribution in [0.1, 0.15) is 35.4 Å².